The van der Waals surface area contributed by atoms with Gasteiger partial charge in [-0.1, -0.05) is 6.07 Å². The number of hydrogen-bond acceptors (Lipinski definition) is 5. The number of rotatable bonds is 5. The van der Waals surface area contributed by atoms with Crippen LogP contribution in [-0.2, 0) is 29.0 Å². The quantitative estimate of drug-likeness (QED) is 0.815. The number of aromatic nitrogens is 2. The molecule has 0 aliphatic carbocycles. The number of fused-ring (bicyclic) bond motifs is 1. The van der Waals surface area contributed by atoms with E-state index in [4.69, 9.17) is 9.47 Å². The summed E-state index contributed by atoms with van der Waals surface area (Å²) in [6.45, 7) is 8.77. The van der Waals surface area contributed by atoms with Crippen LogP contribution in [0.5, 0.6) is 0 Å². The van der Waals surface area contributed by atoms with Crippen LogP contribution >= 0.6 is 0 Å². The second-order valence-corrected chi connectivity index (χ2v) is 7.71. The second-order valence-electron chi connectivity index (χ2n) is 7.71. The summed E-state index contributed by atoms with van der Waals surface area (Å²) in [5.74, 6) is -0.269. The first-order valence-corrected chi connectivity index (χ1v) is 8.98. The maximum Gasteiger partial charge on any atom is 0.410 e. The van der Waals surface area contributed by atoms with Crippen molar-refractivity contribution in [1.82, 2.24) is 15.1 Å². The first-order chi connectivity index (χ1) is 12.7. The molecule has 0 spiro atoms. The normalized spacial score (nSPS) is 13.3. The molecular weight excluding hydrogens is 346 g/mol. The SMILES string of the molecule is Cc1c(CCN(Cc2cn[nH]c2)C(=O)OC(C)(C)C)ccc2c1COC2=O. The van der Waals surface area contributed by atoms with Crippen LogP contribution in [0.2, 0.25) is 0 Å². The van der Waals surface area contributed by atoms with Gasteiger partial charge in [-0.05, 0) is 51.3 Å². The van der Waals surface area contributed by atoms with Gasteiger partial charge in [0.25, 0.3) is 0 Å². The third-order valence-electron chi connectivity index (χ3n) is 4.51. The smallest absolute Gasteiger partial charge is 0.410 e. The number of hydrogen-bond donors (Lipinski definition) is 1. The van der Waals surface area contributed by atoms with E-state index in [2.05, 4.69) is 10.2 Å². The number of esters is 1. The summed E-state index contributed by atoms with van der Waals surface area (Å²) in [7, 11) is 0. The van der Waals surface area contributed by atoms with Gasteiger partial charge in [0.15, 0.2) is 0 Å². The summed E-state index contributed by atoms with van der Waals surface area (Å²) >= 11 is 0. The lowest BCUT2D eigenvalue weighted by molar-refractivity contribution is 0.0235. The van der Waals surface area contributed by atoms with Crippen molar-refractivity contribution in [2.24, 2.45) is 0 Å². The van der Waals surface area contributed by atoms with Gasteiger partial charge in [0.2, 0.25) is 0 Å². The number of aromatic amines is 1. The molecule has 0 unspecified atom stereocenters. The minimum absolute atomic E-state index is 0.269. The number of benzene rings is 1. The van der Waals surface area contributed by atoms with E-state index in [-0.39, 0.29) is 12.1 Å². The highest BCUT2D eigenvalue weighted by molar-refractivity contribution is 5.93. The van der Waals surface area contributed by atoms with E-state index < -0.39 is 5.60 Å². The molecule has 7 heteroatoms. The van der Waals surface area contributed by atoms with E-state index in [1.54, 1.807) is 23.4 Å². The van der Waals surface area contributed by atoms with Gasteiger partial charge >= 0.3 is 12.1 Å². The van der Waals surface area contributed by atoms with Crippen LogP contribution in [0.1, 0.15) is 53.4 Å². The van der Waals surface area contributed by atoms with Gasteiger partial charge in [-0.2, -0.15) is 5.10 Å². The number of nitrogens with one attached hydrogen (secondary N) is 1. The molecule has 1 aromatic carbocycles. The standard InChI is InChI=1S/C20H25N3O4/c1-13-15(5-6-16-17(13)12-26-18(16)24)7-8-23(11-14-9-21-22-10-14)19(25)27-20(2,3)4/h5-6,9-10H,7-8,11-12H2,1-4H3,(H,21,22). The molecule has 2 aromatic rings. The highest BCUT2D eigenvalue weighted by atomic mass is 16.6. The lowest BCUT2D eigenvalue weighted by atomic mass is 9.96. The molecule has 7 nitrogen and oxygen atoms in total. The molecule has 0 atom stereocenters. The lowest BCUT2D eigenvalue weighted by Crippen LogP contribution is -2.37. The zero-order valence-electron chi connectivity index (χ0n) is 16.2. The lowest BCUT2D eigenvalue weighted by Gasteiger charge is -2.27. The van der Waals surface area contributed by atoms with Crippen molar-refractivity contribution < 1.29 is 19.1 Å². The summed E-state index contributed by atoms with van der Waals surface area (Å²) in [6.07, 6.45) is 3.76. The number of carbonyl (C=O) groups is 2. The minimum Gasteiger partial charge on any atom is -0.457 e. The average Bonchev–Trinajstić information content (AvgIpc) is 3.21. The van der Waals surface area contributed by atoms with Gasteiger partial charge < -0.3 is 14.4 Å². The van der Waals surface area contributed by atoms with Crippen LogP contribution in [0.3, 0.4) is 0 Å². The van der Waals surface area contributed by atoms with Crippen molar-refractivity contribution in [2.75, 3.05) is 6.54 Å². The number of H-pyrrole nitrogens is 1. The zero-order valence-corrected chi connectivity index (χ0v) is 16.2. The first kappa shape index (κ1) is 18.9. The van der Waals surface area contributed by atoms with Crippen LogP contribution in [0, 0.1) is 6.92 Å². The minimum atomic E-state index is -0.563. The third-order valence-corrected chi connectivity index (χ3v) is 4.51. The molecule has 0 saturated carbocycles. The predicted octanol–water partition coefficient (Wildman–Crippen LogP) is 3.37. The van der Waals surface area contributed by atoms with Crippen LogP contribution in [-0.4, -0.2) is 39.3 Å². The fourth-order valence-corrected chi connectivity index (χ4v) is 3.07. The molecule has 2 heterocycles. The monoisotopic (exact) mass is 371 g/mol. The number of nitrogens with zero attached hydrogens (tertiary/aromatic N) is 2. The Morgan fingerprint density at radius 3 is 2.81 bits per heavy atom. The maximum atomic E-state index is 12.6. The largest absolute Gasteiger partial charge is 0.457 e. The highest BCUT2D eigenvalue weighted by Crippen LogP contribution is 2.26. The van der Waals surface area contributed by atoms with Crippen molar-refractivity contribution >= 4 is 12.1 Å². The van der Waals surface area contributed by atoms with Crippen molar-refractivity contribution in [1.29, 1.82) is 0 Å². The zero-order chi connectivity index (χ0) is 19.6. The summed E-state index contributed by atoms with van der Waals surface area (Å²) < 4.78 is 10.7. The summed E-state index contributed by atoms with van der Waals surface area (Å²) in [5.41, 5.74) is 4.06. The van der Waals surface area contributed by atoms with Gasteiger partial charge in [0.1, 0.15) is 12.2 Å². The van der Waals surface area contributed by atoms with Crippen molar-refractivity contribution in [3.05, 3.63) is 52.3 Å². The van der Waals surface area contributed by atoms with Crippen LogP contribution in [0.4, 0.5) is 4.79 Å². The molecule has 0 radical (unpaired) electrons. The Labute approximate surface area is 158 Å². The second kappa shape index (κ2) is 7.42. The van der Waals surface area contributed by atoms with E-state index >= 15 is 0 Å². The Bertz CT molecular complexity index is 838. The van der Waals surface area contributed by atoms with Crippen LogP contribution in [0.15, 0.2) is 24.5 Å². The van der Waals surface area contributed by atoms with E-state index in [1.165, 1.54) is 0 Å². The Balaban J connectivity index is 1.74. The number of ether oxygens (including phenoxy) is 2. The first-order valence-electron chi connectivity index (χ1n) is 8.98. The topological polar surface area (TPSA) is 84.5 Å². The Hall–Kier alpha value is -2.83. The Kier molecular flexibility index (Phi) is 5.21. The summed E-state index contributed by atoms with van der Waals surface area (Å²) in [5, 5.41) is 6.70. The van der Waals surface area contributed by atoms with E-state index in [9.17, 15) is 9.59 Å². The van der Waals surface area contributed by atoms with Gasteiger partial charge in [0, 0.05) is 23.9 Å². The van der Waals surface area contributed by atoms with Gasteiger partial charge in [-0.3, -0.25) is 5.10 Å². The molecule has 3 rings (SSSR count). The van der Waals surface area contributed by atoms with Crippen molar-refractivity contribution in [3.63, 3.8) is 0 Å². The molecule has 1 aliphatic rings. The van der Waals surface area contributed by atoms with Gasteiger partial charge in [-0.15, -0.1) is 0 Å². The molecule has 1 N–H and O–H groups in total. The maximum absolute atomic E-state index is 12.6. The molecule has 0 bridgehead atoms. The van der Waals surface area contributed by atoms with Gasteiger partial charge in [0.05, 0.1) is 18.3 Å². The number of amides is 1. The number of carbonyl (C=O) groups excluding carboxylic acids is 2. The highest BCUT2D eigenvalue weighted by Gasteiger charge is 2.25. The van der Waals surface area contributed by atoms with Crippen molar-refractivity contribution in [2.45, 2.75) is 52.9 Å². The summed E-state index contributed by atoms with van der Waals surface area (Å²) in [4.78, 5) is 26.0. The van der Waals surface area contributed by atoms with Crippen molar-refractivity contribution in [3.8, 4) is 0 Å². The predicted molar refractivity (Wildman–Crippen MR) is 99.2 cm³/mol. The molecule has 0 fully saturated rings. The average molecular weight is 371 g/mol. The van der Waals surface area contributed by atoms with Crippen LogP contribution in [0.25, 0.3) is 0 Å². The summed E-state index contributed by atoms with van der Waals surface area (Å²) in [6, 6.07) is 3.74. The molecule has 27 heavy (non-hydrogen) atoms. The third kappa shape index (κ3) is 4.48. The molecule has 1 amide bonds. The molecular formula is C20H25N3O4. The molecule has 1 aliphatic heterocycles. The molecule has 1 aromatic heterocycles. The van der Waals surface area contributed by atoms with Gasteiger partial charge in [-0.25, -0.2) is 9.59 Å². The van der Waals surface area contributed by atoms with E-state index in [0.29, 0.717) is 31.7 Å². The fourth-order valence-electron chi connectivity index (χ4n) is 3.07. The molecule has 0 saturated heterocycles. The molecule has 144 valence electrons. The van der Waals surface area contributed by atoms with Crippen LogP contribution < -0.4 is 0 Å². The Morgan fingerprint density at radius 1 is 1.37 bits per heavy atom. The van der Waals surface area contributed by atoms with E-state index in [1.807, 2.05) is 33.8 Å². The Morgan fingerprint density at radius 2 is 2.15 bits per heavy atom. The number of cyclic esters (lactones) is 1. The van der Waals surface area contributed by atoms with E-state index in [0.717, 1.165) is 22.3 Å². The fraction of sp³-hybridized carbons (Fsp3) is 0.450.